The number of anilines is 1. The molecule has 3 aromatic carbocycles. The molecule has 2 unspecified atom stereocenters. The second kappa shape index (κ2) is 10.3. The van der Waals surface area contributed by atoms with Crippen molar-refractivity contribution < 1.29 is 38.3 Å². The van der Waals surface area contributed by atoms with Crippen molar-refractivity contribution in [2.75, 3.05) is 19.5 Å². The van der Waals surface area contributed by atoms with Crippen LogP contribution in [-0.2, 0) is 14.3 Å². The van der Waals surface area contributed by atoms with Gasteiger partial charge < -0.3 is 19.5 Å². The van der Waals surface area contributed by atoms with E-state index in [1.54, 1.807) is 18.2 Å². The summed E-state index contributed by atoms with van der Waals surface area (Å²) in [5.41, 5.74) is -0.0832. The van der Waals surface area contributed by atoms with E-state index in [0.717, 1.165) is 6.07 Å². The minimum atomic E-state index is -1.81. The Balaban J connectivity index is 1.75. The summed E-state index contributed by atoms with van der Waals surface area (Å²) < 4.78 is 15.7. The Bertz CT molecular complexity index is 1430. The first-order chi connectivity index (χ1) is 17.7. The first-order valence-electron chi connectivity index (χ1n) is 10.9. The van der Waals surface area contributed by atoms with Crippen LogP contribution in [0.2, 0.25) is 0 Å². The highest BCUT2D eigenvalue weighted by Crippen LogP contribution is 2.39. The molecule has 1 amide bonds. The number of methoxy groups -OCH3 is 2. The molecular formula is C26H20N2O9. The zero-order chi connectivity index (χ0) is 26.7. The van der Waals surface area contributed by atoms with Gasteiger partial charge in [0.2, 0.25) is 5.78 Å². The number of esters is 1. The predicted octanol–water partition coefficient (Wildman–Crippen LogP) is 3.53. The molecular weight excluding hydrogens is 484 g/mol. The van der Waals surface area contributed by atoms with Gasteiger partial charge in [0.25, 0.3) is 11.6 Å². The van der Waals surface area contributed by atoms with Crippen LogP contribution in [-0.4, -0.2) is 42.6 Å². The van der Waals surface area contributed by atoms with Gasteiger partial charge in [0.1, 0.15) is 23.5 Å². The smallest absolute Gasteiger partial charge is 0.339 e. The van der Waals surface area contributed by atoms with E-state index in [-0.39, 0.29) is 33.8 Å². The lowest BCUT2D eigenvalue weighted by molar-refractivity contribution is -0.384. The lowest BCUT2D eigenvalue weighted by Gasteiger charge is -2.21. The van der Waals surface area contributed by atoms with Gasteiger partial charge in [-0.1, -0.05) is 30.3 Å². The molecule has 11 nitrogen and oxygen atoms in total. The molecule has 0 spiro atoms. The van der Waals surface area contributed by atoms with E-state index in [0.29, 0.717) is 5.75 Å². The van der Waals surface area contributed by atoms with Crippen molar-refractivity contribution in [1.82, 2.24) is 0 Å². The largest absolute Gasteiger partial charge is 0.497 e. The van der Waals surface area contributed by atoms with Gasteiger partial charge in [-0.05, 0) is 18.2 Å². The predicted molar refractivity (Wildman–Crippen MR) is 129 cm³/mol. The summed E-state index contributed by atoms with van der Waals surface area (Å²) >= 11 is 0. The number of hydrogen-bond acceptors (Lipinski definition) is 9. The molecule has 0 saturated carbocycles. The minimum absolute atomic E-state index is 0.102. The Morgan fingerprint density at radius 3 is 2.46 bits per heavy atom. The number of cyclic esters (lactones) is 1. The van der Waals surface area contributed by atoms with Crippen molar-refractivity contribution >= 4 is 34.8 Å². The second-order valence-electron chi connectivity index (χ2n) is 7.95. The average molecular weight is 504 g/mol. The lowest BCUT2D eigenvalue weighted by atomic mass is 9.84. The van der Waals surface area contributed by atoms with Gasteiger partial charge in [-0.3, -0.25) is 24.5 Å². The molecule has 188 valence electrons. The van der Waals surface area contributed by atoms with Crippen LogP contribution >= 0.6 is 0 Å². The molecule has 1 heterocycles. The van der Waals surface area contributed by atoms with E-state index in [1.807, 2.05) is 0 Å². The summed E-state index contributed by atoms with van der Waals surface area (Å²) in [5, 5.41) is 13.7. The average Bonchev–Trinajstić information content (AvgIpc) is 3.24. The van der Waals surface area contributed by atoms with Gasteiger partial charge in [0, 0.05) is 29.3 Å². The molecule has 3 aromatic rings. The van der Waals surface area contributed by atoms with Crippen molar-refractivity contribution in [3.63, 3.8) is 0 Å². The molecule has 0 radical (unpaired) electrons. The lowest BCUT2D eigenvalue weighted by Crippen LogP contribution is -2.38. The number of fused-ring (bicyclic) bond motifs is 1. The normalized spacial score (nSPS) is 14.6. The van der Waals surface area contributed by atoms with Crippen molar-refractivity contribution in [3.8, 4) is 11.5 Å². The number of carbonyl (C=O) groups excluding carboxylic acids is 4. The summed E-state index contributed by atoms with van der Waals surface area (Å²) in [6.45, 7) is 0. The van der Waals surface area contributed by atoms with Crippen LogP contribution in [0, 0.1) is 16.0 Å². The fourth-order valence-electron chi connectivity index (χ4n) is 4.00. The number of nitrogens with zero attached hydrogens (tertiary/aromatic N) is 1. The van der Waals surface area contributed by atoms with Crippen LogP contribution in [0.25, 0.3) is 0 Å². The number of non-ortho nitro benzene ring substituents is 1. The van der Waals surface area contributed by atoms with Crippen LogP contribution in [0.4, 0.5) is 11.4 Å². The number of carbonyl (C=O) groups is 4. The number of nitrogens with one attached hydrogen (secondary N) is 1. The maximum absolute atomic E-state index is 13.6. The highest BCUT2D eigenvalue weighted by molar-refractivity contribution is 6.45. The maximum Gasteiger partial charge on any atom is 0.339 e. The van der Waals surface area contributed by atoms with E-state index in [9.17, 15) is 29.3 Å². The SMILES string of the molecule is COc1ccc(OC)c(NC(=O)C(=O)C(C(=O)c2cccc([N+](=O)[O-])c2)C2OC(=O)c3ccccc32)c1. The van der Waals surface area contributed by atoms with E-state index >= 15 is 0 Å². The highest BCUT2D eigenvalue weighted by atomic mass is 16.6. The van der Waals surface area contributed by atoms with E-state index in [1.165, 1.54) is 56.7 Å². The number of benzene rings is 3. The third kappa shape index (κ3) is 4.87. The number of hydrogen-bond donors (Lipinski definition) is 1. The molecule has 0 bridgehead atoms. The third-order valence-corrected chi connectivity index (χ3v) is 5.81. The van der Waals surface area contributed by atoms with Crippen LogP contribution in [0.1, 0.15) is 32.4 Å². The molecule has 11 heteroatoms. The summed E-state index contributed by atoms with van der Waals surface area (Å²) in [7, 11) is 2.78. The van der Waals surface area contributed by atoms with Crippen LogP contribution in [0.15, 0.2) is 66.7 Å². The standard InChI is InChI=1S/C26H20N2O9/c1-35-16-10-11-20(36-2)19(13-16)27-25(31)23(30)21(22(29)14-6-5-7-15(12-14)28(33)34)24-17-8-3-4-9-18(17)26(32)37-24/h3-13,21,24H,1-2H3,(H,27,31). The molecule has 37 heavy (non-hydrogen) atoms. The quantitative estimate of drug-likeness (QED) is 0.115. The van der Waals surface area contributed by atoms with Gasteiger partial charge in [-0.25, -0.2) is 4.79 Å². The van der Waals surface area contributed by atoms with E-state index < -0.39 is 40.4 Å². The molecule has 1 N–H and O–H groups in total. The van der Waals surface area contributed by atoms with Crippen molar-refractivity contribution in [2.45, 2.75) is 6.10 Å². The van der Waals surface area contributed by atoms with Gasteiger partial charge in [-0.15, -0.1) is 0 Å². The van der Waals surface area contributed by atoms with E-state index in [2.05, 4.69) is 5.32 Å². The zero-order valence-corrected chi connectivity index (χ0v) is 19.6. The Morgan fingerprint density at radius 2 is 1.76 bits per heavy atom. The van der Waals surface area contributed by atoms with E-state index in [4.69, 9.17) is 14.2 Å². The summed E-state index contributed by atoms with van der Waals surface area (Å²) in [5.74, 6) is -5.30. The van der Waals surface area contributed by atoms with Gasteiger partial charge >= 0.3 is 5.97 Å². The Morgan fingerprint density at radius 1 is 1.00 bits per heavy atom. The Kier molecular flexibility index (Phi) is 6.96. The molecule has 2 atom stereocenters. The van der Waals surface area contributed by atoms with Crippen LogP contribution in [0.3, 0.4) is 0 Å². The van der Waals surface area contributed by atoms with Gasteiger partial charge in [-0.2, -0.15) is 0 Å². The summed E-state index contributed by atoms with van der Waals surface area (Å²) in [6.07, 6.45) is -1.42. The van der Waals surface area contributed by atoms with Crippen molar-refractivity contribution in [2.24, 2.45) is 5.92 Å². The maximum atomic E-state index is 13.6. The van der Waals surface area contributed by atoms with Gasteiger partial charge in [0.15, 0.2) is 5.78 Å². The number of nitro benzene ring substituents is 1. The Hall–Kier alpha value is -5.06. The highest BCUT2D eigenvalue weighted by Gasteiger charge is 2.46. The number of ether oxygens (including phenoxy) is 3. The fraction of sp³-hybridized carbons (Fsp3) is 0.154. The zero-order valence-electron chi connectivity index (χ0n) is 19.6. The molecule has 0 fully saturated rings. The Labute approximate surface area is 210 Å². The molecule has 1 aliphatic rings. The molecule has 1 aliphatic heterocycles. The van der Waals surface area contributed by atoms with Crippen LogP contribution in [0.5, 0.6) is 11.5 Å². The molecule has 0 aromatic heterocycles. The summed E-state index contributed by atoms with van der Waals surface area (Å²) in [6, 6.07) is 15.4. The van der Waals surface area contributed by atoms with Crippen molar-refractivity contribution in [3.05, 3.63) is 93.5 Å². The summed E-state index contributed by atoms with van der Waals surface area (Å²) in [4.78, 5) is 63.2. The third-order valence-electron chi connectivity index (χ3n) is 5.81. The molecule has 0 aliphatic carbocycles. The number of ketones is 2. The first kappa shape index (κ1) is 25.0. The number of Topliss-reactive ketones (excluding diaryl/α,β-unsaturated/α-hetero) is 2. The topological polar surface area (TPSA) is 151 Å². The monoisotopic (exact) mass is 504 g/mol. The molecule has 0 saturated heterocycles. The number of amides is 1. The van der Waals surface area contributed by atoms with Crippen molar-refractivity contribution in [1.29, 1.82) is 0 Å². The first-order valence-corrected chi connectivity index (χ1v) is 10.9. The second-order valence-corrected chi connectivity index (χ2v) is 7.95. The van der Waals surface area contributed by atoms with Crippen LogP contribution < -0.4 is 14.8 Å². The number of nitro groups is 1. The number of rotatable bonds is 9. The minimum Gasteiger partial charge on any atom is -0.497 e. The molecule has 4 rings (SSSR count). The fourth-order valence-corrected chi connectivity index (χ4v) is 4.00. The van der Waals surface area contributed by atoms with Gasteiger partial charge in [0.05, 0.1) is 30.4 Å².